The highest BCUT2D eigenvalue weighted by Crippen LogP contribution is 1.96. The molecule has 0 aliphatic rings. The standard InChI is InChI=1S/C7H6F2N2S/c8-7(9)11-6(12)5-3-1-2-4-10-5/h1-4,7H,(H,11,12). The Bertz CT molecular complexity index is 263. The van der Waals surface area contributed by atoms with Crippen LogP contribution in [0.25, 0.3) is 0 Å². The van der Waals surface area contributed by atoms with Gasteiger partial charge in [-0.25, -0.2) is 0 Å². The Kier molecular flexibility index (Phi) is 3.04. The maximum Gasteiger partial charge on any atom is 0.313 e. The van der Waals surface area contributed by atoms with E-state index in [0.717, 1.165) is 0 Å². The Morgan fingerprint density at radius 2 is 2.25 bits per heavy atom. The molecule has 0 unspecified atom stereocenters. The fraction of sp³-hybridized carbons (Fsp3) is 0.143. The second-order valence-electron chi connectivity index (χ2n) is 1.99. The second kappa shape index (κ2) is 4.06. The first-order chi connectivity index (χ1) is 5.70. The zero-order valence-electron chi connectivity index (χ0n) is 6.00. The maximum atomic E-state index is 11.7. The fourth-order valence-corrected chi connectivity index (χ4v) is 0.880. The molecule has 0 saturated heterocycles. The Morgan fingerprint density at radius 3 is 2.75 bits per heavy atom. The van der Waals surface area contributed by atoms with Crippen molar-refractivity contribution in [2.75, 3.05) is 0 Å². The van der Waals surface area contributed by atoms with Crippen LogP contribution in [0.3, 0.4) is 0 Å². The third-order valence-electron chi connectivity index (χ3n) is 1.14. The largest absolute Gasteiger partial charge is 0.319 e. The van der Waals surface area contributed by atoms with Crippen molar-refractivity contribution in [1.29, 1.82) is 0 Å². The smallest absolute Gasteiger partial charge is 0.313 e. The van der Waals surface area contributed by atoms with E-state index in [1.165, 1.54) is 6.20 Å². The highest BCUT2D eigenvalue weighted by atomic mass is 32.1. The van der Waals surface area contributed by atoms with Crippen LogP contribution in [0.15, 0.2) is 24.4 Å². The second-order valence-corrected chi connectivity index (χ2v) is 2.40. The fourth-order valence-electron chi connectivity index (χ4n) is 0.670. The van der Waals surface area contributed by atoms with Crippen LogP contribution in [0.1, 0.15) is 5.69 Å². The van der Waals surface area contributed by atoms with Gasteiger partial charge in [-0.1, -0.05) is 18.3 Å². The molecule has 0 bridgehead atoms. The monoisotopic (exact) mass is 188 g/mol. The van der Waals surface area contributed by atoms with Crippen molar-refractivity contribution in [2.45, 2.75) is 6.55 Å². The van der Waals surface area contributed by atoms with Gasteiger partial charge in [0, 0.05) is 6.20 Å². The summed E-state index contributed by atoms with van der Waals surface area (Å²) in [4.78, 5) is 3.76. The van der Waals surface area contributed by atoms with Crippen molar-refractivity contribution in [2.24, 2.45) is 0 Å². The molecule has 0 aromatic carbocycles. The molecule has 0 fully saturated rings. The topological polar surface area (TPSA) is 24.9 Å². The van der Waals surface area contributed by atoms with Gasteiger partial charge in [0.2, 0.25) is 0 Å². The number of nitrogens with one attached hydrogen (secondary N) is 1. The first-order valence-electron chi connectivity index (χ1n) is 3.20. The van der Waals surface area contributed by atoms with E-state index in [2.05, 4.69) is 17.2 Å². The van der Waals surface area contributed by atoms with Crippen LogP contribution in [-0.2, 0) is 0 Å². The molecular weight excluding hydrogens is 182 g/mol. The highest BCUT2D eigenvalue weighted by molar-refractivity contribution is 7.80. The lowest BCUT2D eigenvalue weighted by Crippen LogP contribution is -2.27. The number of aromatic nitrogens is 1. The summed E-state index contributed by atoms with van der Waals surface area (Å²) < 4.78 is 23.5. The summed E-state index contributed by atoms with van der Waals surface area (Å²) in [5, 5.41) is 1.79. The molecule has 0 spiro atoms. The van der Waals surface area contributed by atoms with E-state index in [9.17, 15) is 8.78 Å². The van der Waals surface area contributed by atoms with Crippen molar-refractivity contribution in [3.63, 3.8) is 0 Å². The third kappa shape index (κ3) is 2.50. The average Bonchev–Trinajstić information content (AvgIpc) is 2.05. The van der Waals surface area contributed by atoms with Crippen LogP contribution in [0.5, 0.6) is 0 Å². The van der Waals surface area contributed by atoms with Gasteiger partial charge >= 0.3 is 6.55 Å². The van der Waals surface area contributed by atoms with Gasteiger partial charge in [0.15, 0.2) is 0 Å². The summed E-state index contributed by atoms with van der Waals surface area (Å²) in [6.07, 6.45) is 1.49. The number of thiocarbonyl (C=S) groups is 1. The van der Waals surface area contributed by atoms with Crippen LogP contribution in [-0.4, -0.2) is 16.5 Å². The molecule has 0 saturated carbocycles. The lowest BCUT2D eigenvalue weighted by atomic mass is 10.3. The van der Waals surface area contributed by atoms with E-state index < -0.39 is 6.55 Å². The van der Waals surface area contributed by atoms with Crippen LogP contribution in [0.4, 0.5) is 8.78 Å². The number of halogens is 2. The van der Waals surface area contributed by atoms with Gasteiger partial charge in [-0.2, -0.15) is 8.78 Å². The number of alkyl halides is 2. The molecule has 1 aromatic rings. The molecule has 1 N–H and O–H groups in total. The van der Waals surface area contributed by atoms with Crippen molar-refractivity contribution < 1.29 is 8.78 Å². The number of hydrogen-bond acceptors (Lipinski definition) is 2. The van der Waals surface area contributed by atoms with Gasteiger partial charge in [-0.05, 0) is 12.1 Å². The van der Waals surface area contributed by atoms with Gasteiger partial charge in [-0.3, -0.25) is 4.98 Å². The van der Waals surface area contributed by atoms with Crippen molar-refractivity contribution in [3.8, 4) is 0 Å². The summed E-state index contributed by atoms with van der Waals surface area (Å²) in [7, 11) is 0. The Balaban J connectivity index is 2.66. The lowest BCUT2D eigenvalue weighted by Gasteiger charge is -2.04. The third-order valence-corrected chi connectivity index (χ3v) is 1.46. The van der Waals surface area contributed by atoms with E-state index in [4.69, 9.17) is 0 Å². The van der Waals surface area contributed by atoms with Gasteiger partial charge in [0.05, 0.1) is 5.69 Å². The normalized spacial score (nSPS) is 9.92. The Morgan fingerprint density at radius 1 is 1.50 bits per heavy atom. The molecule has 0 amide bonds. The lowest BCUT2D eigenvalue weighted by molar-refractivity contribution is 0.133. The van der Waals surface area contributed by atoms with E-state index in [1.54, 1.807) is 23.5 Å². The molecule has 2 nitrogen and oxygen atoms in total. The molecule has 1 rings (SSSR count). The van der Waals surface area contributed by atoms with E-state index in [-0.39, 0.29) is 4.99 Å². The maximum absolute atomic E-state index is 11.7. The van der Waals surface area contributed by atoms with Crippen molar-refractivity contribution in [1.82, 2.24) is 10.3 Å². The van der Waals surface area contributed by atoms with Gasteiger partial charge in [0.1, 0.15) is 4.99 Å². The Hall–Kier alpha value is -1.10. The SMILES string of the molecule is FC(F)NC(=S)c1ccccn1. The molecule has 0 aliphatic carbocycles. The van der Waals surface area contributed by atoms with Gasteiger partial charge in [-0.15, -0.1) is 0 Å². The first-order valence-corrected chi connectivity index (χ1v) is 3.61. The minimum absolute atomic E-state index is 0.0365. The first kappa shape index (κ1) is 8.99. The molecule has 12 heavy (non-hydrogen) atoms. The average molecular weight is 188 g/mol. The van der Waals surface area contributed by atoms with Crippen LogP contribution in [0.2, 0.25) is 0 Å². The molecular formula is C7H6F2N2S. The number of rotatable bonds is 2. The summed E-state index contributed by atoms with van der Waals surface area (Å²) in [6.45, 7) is -2.64. The molecule has 1 aromatic heterocycles. The number of hydrogen-bond donors (Lipinski definition) is 1. The zero-order chi connectivity index (χ0) is 8.97. The Labute approximate surface area is 73.6 Å². The van der Waals surface area contributed by atoms with E-state index in [1.807, 2.05) is 0 Å². The molecule has 5 heteroatoms. The van der Waals surface area contributed by atoms with Crippen molar-refractivity contribution >= 4 is 17.2 Å². The van der Waals surface area contributed by atoms with E-state index >= 15 is 0 Å². The zero-order valence-corrected chi connectivity index (χ0v) is 6.81. The van der Waals surface area contributed by atoms with Crippen LogP contribution in [0, 0.1) is 0 Å². The van der Waals surface area contributed by atoms with Crippen LogP contribution < -0.4 is 5.32 Å². The minimum Gasteiger partial charge on any atom is -0.319 e. The van der Waals surface area contributed by atoms with Crippen molar-refractivity contribution in [3.05, 3.63) is 30.1 Å². The number of pyridine rings is 1. The number of nitrogens with zero attached hydrogens (tertiary/aromatic N) is 1. The molecule has 0 radical (unpaired) electrons. The predicted octanol–water partition coefficient (Wildman–Crippen LogP) is 1.57. The van der Waals surface area contributed by atoms with Gasteiger partial charge in [0.25, 0.3) is 0 Å². The summed E-state index contributed by atoms with van der Waals surface area (Å²) in [6, 6.07) is 4.94. The predicted molar refractivity (Wildman–Crippen MR) is 45.1 cm³/mol. The quantitative estimate of drug-likeness (QED) is 0.563. The highest BCUT2D eigenvalue weighted by Gasteiger charge is 2.06. The molecule has 64 valence electrons. The minimum atomic E-state index is -2.64. The summed E-state index contributed by atoms with van der Waals surface area (Å²) >= 11 is 4.64. The molecule has 1 heterocycles. The van der Waals surface area contributed by atoms with Crippen LogP contribution >= 0.6 is 12.2 Å². The molecule has 0 atom stereocenters. The van der Waals surface area contributed by atoms with E-state index in [0.29, 0.717) is 5.69 Å². The molecule has 0 aliphatic heterocycles. The summed E-state index contributed by atoms with van der Waals surface area (Å²) in [5.41, 5.74) is 0.354. The summed E-state index contributed by atoms with van der Waals surface area (Å²) in [5.74, 6) is 0. The van der Waals surface area contributed by atoms with Gasteiger partial charge < -0.3 is 5.32 Å².